The summed E-state index contributed by atoms with van der Waals surface area (Å²) in [5.74, 6) is 0. The highest BCUT2D eigenvalue weighted by atomic mass is 16.6. The normalized spacial score (nSPS) is 14.8. The van der Waals surface area contributed by atoms with Gasteiger partial charge in [-0.05, 0) is 63.3 Å². The highest BCUT2D eigenvalue weighted by molar-refractivity contribution is 5.75. The third-order valence-electron chi connectivity index (χ3n) is 7.69. The summed E-state index contributed by atoms with van der Waals surface area (Å²) in [6, 6.07) is 26.8. The van der Waals surface area contributed by atoms with Crippen LogP contribution in [0.3, 0.4) is 0 Å². The SMILES string of the molecule is CC(C)(C)OC(=O)N(Cc1ccccc1)C(COC(=O)N1CCC(n2c(=O)[nH]c3ccccc32)CC1)Cc1ccccc1. The summed E-state index contributed by atoms with van der Waals surface area (Å²) >= 11 is 0. The molecule has 0 saturated carbocycles. The van der Waals surface area contributed by atoms with Crippen LogP contribution in [-0.2, 0) is 22.4 Å². The monoisotopic (exact) mass is 584 g/mol. The minimum atomic E-state index is -0.683. The zero-order valence-corrected chi connectivity index (χ0v) is 25.1. The lowest BCUT2D eigenvalue weighted by Crippen LogP contribution is -2.47. The van der Waals surface area contributed by atoms with E-state index in [1.807, 2.05) is 106 Å². The molecule has 43 heavy (non-hydrogen) atoms. The van der Waals surface area contributed by atoms with Gasteiger partial charge in [0.2, 0.25) is 0 Å². The summed E-state index contributed by atoms with van der Waals surface area (Å²) in [5.41, 5.74) is 2.84. The molecule has 1 aromatic heterocycles. The third kappa shape index (κ3) is 7.66. The van der Waals surface area contributed by atoms with E-state index in [1.54, 1.807) is 14.4 Å². The number of likely N-dealkylation sites (tertiary alicyclic amines) is 1. The average Bonchev–Trinajstić information content (AvgIpc) is 3.33. The molecule has 1 unspecified atom stereocenters. The Morgan fingerprint density at radius 1 is 0.907 bits per heavy atom. The smallest absolute Gasteiger partial charge is 0.410 e. The number of para-hydroxylation sites is 2. The van der Waals surface area contributed by atoms with Gasteiger partial charge in [0.15, 0.2) is 0 Å². The molecule has 0 bridgehead atoms. The van der Waals surface area contributed by atoms with Crippen LogP contribution >= 0.6 is 0 Å². The number of hydrogen-bond donors (Lipinski definition) is 1. The Kier molecular flexibility index (Phi) is 9.19. The summed E-state index contributed by atoms with van der Waals surface area (Å²) in [5, 5.41) is 0. The second-order valence-corrected chi connectivity index (χ2v) is 12.0. The molecule has 226 valence electrons. The molecule has 0 radical (unpaired) electrons. The van der Waals surface area contributed by atoms with Gasteiger partial charge in [-0.15, -0.1) is 0 Å². The molecule has 1 fully saturated rings. The molecule has 1 aliphatic rings. The van der Waals surface area contributed by atoms with Crippen molar-refractivity contribution >= 4 is 23.2 Å². The molecule has 9 nitrogen and oxygen atoms in total. The lowest BCUT2D eigenvalue weighted by Gasteiger charge is -2.35. The van der Waals surface area contributed by atoms with E-state index in [0.29, 0.717) is 38.9 Å². The van der Waals surface area contributed by atoms with Crippen LogP contribution in [0.2, 0.25) is 0 Å². The highest BCUT2D eigenvalue weighted by Gasteiger charge is 2.32. The number of carbonyl (C=O) groups excluding carboxylic acids is 2. The number of hydrogen-bond acceptors (Lipinski definition) is 5. The molecule has 1 atom stereocenters. The number of H-pyrrole nitrogens is 1. The maximum absolute atomic E-state index is 13.5. The topological polar surface area (TPSA) is 96.9 Å². The number of amides is 2. The van der Waals surface area contributed by atoms with Gasteiger partial charge in [-0.25, -0.2) is 14.4 Å². The summed E-state index contributed by atoms with van der Waals surface area (Å²) < 4.78 is 13.5. The first kappa shape index (κ1) is 29.9. The van der Waals surface area contributed by atoms with Crippen molar-refractivity contribution in [2.75, 3.05) is 19.7 Å². The Hall–Kier alpha value is -4.53. The van der Waals surface area contributed by atoms with Crippen LogP contribution in [0.15, 0.2) is 89.7 Å². The number of rotatable bonds is 8. The quantitative estimate of drug-likeness (QED) is 0.268. The minimum absolute atomic E-state index is 0.00735. The van der Waals surface area contributed by atoms with E-state index in [1.165, 1.54) is 0 Å². The van der Waals surface area contributed by atoms with Gasteiger partial charge in [0.1, 0.15) is 12.2 Å². The maximum Gasteiger partial charge on any atom is 0.410 e. The first-order valence-corrected chi connectivity index (χ1v) is 14.9. The molecule has 0 spiro atoms. The summed E-state index contributed by atoms with van der Waals surface area (Å²) in [7, 11) is 0. The van der Waals surface area contributed by atoms with Crippen LogP contribution in [-0.4, -0.2) is 62.9 Å². The third-order valence-corrected chi connectivity index (χ3v) is 7.69. The molecule has 0 aliphatic carbocycles. The van der Waals surface area contributed by atoms with Crippen molar-refractivity contribution in [3.05, 3.63) is 107 Å². The van der Waals surface area contributed by atoms with E-state index >= 15 is 0 Å². The lowest BCUT2D eigenvalue weighted by molar-refractivity contribution is 0.00184. The number of ether oxygens (including phenoxy) is 2. The zero-order chi connectivity index (χ0) is 30.4. The Morgan fingerprint density at radius 3 is 2.16 bits per heavy atom. The van der Waals surface area contributed by atoms with Crippen LogP contribution in [0.4, 0.5) is 9.59 Å². The maximum atomic E-state index is 13.5. The molecule has 9 heteroatoms. The highest BCUT2D eigenvalue weighted by Crippen LogP contribution is 2.26. The summed E-state index contributed by atoms with van der Waals surface area (Å²) in [6.07, 6.45) is 0.890. The van der Waals surface area contributed by atoms with Gasteiger partial charge in [0, 0.05) is 25.7 Å². The number of carbonyl (C=O) groups is 2. The average molecular weight is 585 g/mol. The van der Waals surface area contributed by atoms with Crippen molar-refractivity contribution in [2.24, 2.45) is 0 Å². The number of nitrogens with zero attached hydrogens (tertiary/aromatic N) is 3. The summed E-state index contributed by atoms with van der Waals surface area (Å²) in [6.45, 7) is 6.79. The number of imidazole rings is 1. The van der Waals surface area contributed by atoms with Gasteiger partial charge in [-0.1, -0.05) is 72.8 Å². The lowest BCUT2D eigenvalue weighted by atomic mass is 10.0. The van der Waals surface area contributed by atoms with Gasteiger partial charge in [-0.2, -0.15) is 0 Å². The van der Waals surface area contributed by atoms with Crippen LogP contribution in [0.1, 0.15) is 50.8 Å². The van der Waals surface area contributed by atoms with Gasteiger partial charge in [0.25, 0.3) is 0 Å². The molecular formula is C34H40N4O5. The number of benzene rings is 3. The number of piperidine rings is 1. The first-order valence-electron chi connectivity index (χ1n) is 14.9. The van der Waals surface area contributed by atoms with Crippen molar-refractivity contribution < 1.29 is 19.1 Å². The van der Waals surface area contributed by atoms with E-state index in [2.05, 4.69) is 4.98 Å². The largest absolute Gasteiger partial charge is 0.447 e. The van der Waals surface area contributed by atoms with Crippen LogP contribution < -0.4 is 5.69 Å². The first-order chi connectivity index (χ1) is 20.7. The number of aromatic nitrogens is 2. The van der Waals surface area contributed by atoms with Crippen molar-refractivity contribution in [2.45, 2.75) is 64.3 Å². The van der Waals surface area contributed by atoms with Gasteiger partial charge in [0.05, 0.1) is 17.1 Å². The van der Waals surface area contributed by atoms with Gasteiger partial charge in [-0.3, -0.25) is 9.47 Å². The fraction of sp³-hybridized carbons (Fsp3) is 0.382. The summed E-state index contributed by atoms with van der Waals surface area (Å²) in [4.78, 5) is 45.8. The van der Waals surface area contributed by atoms with Gasteiger partial charge >= 0.3 is 17.9 Å². The molecule has 3 aromatic carbocycles. The second-order valence-electron chi connectivity index (χ2n) is 12.0. The fourth-order valence-electron chi connectivity index (χ4n) is 5.59. The predicted molar refractivity (Wildman–Crippen MR) is 166 cm³/mol. The number of fused-ring (bicyclic) bond motifs is 1. The molecule has 1 N–H and O–H groups in total. The molecule has 1 aliphatic heterocycles. The van der Waals surface area contributed by atoms with Crippen molar-refractivity contribution in [1.29, 1.82) is 0 Å². The standard InChI is InChI=1S/C34H40N4O5/c1-34(2,3)43-33(41)37(23-26-14-8-5-9-15-26)28(22-25-12-6-4-7-13-25)24-42-32(40)36-20-18-27(19-21-36)38-30-17-11-10-16-29(30)35-31(38)39/h4-17,27-28H,18-24H2,1-3H3,(H,35,39). The van der Waals surface area contributed by atoms with Gasteiger partial charge < -0.3 is 19.4 Å². The molecule has 2 heterocycles. The Balaban J connectivity index is 1.29. The van der Waals surface area contributed by atoms with E-state index in [0.717, 1.165) is 22.2 Å². The van der Waals surface area contributed by atoms with E-state index < -0.39 is 23.8 Å². The predicted octanol–water partition coefficient (Wildman–Crippen LogP) is 6.15. The molecule has 2 amide bonds. The van der Waals surface area contributed by atoms with Crippen molar-refractivity contribution in [1.82, 2.24) is 19.4 Å². The zero-order valence-electron chi connectivity index (χ0n) is 25.1. The molecular weight excluding hydrogens is 544 g/mol. The van der Waals surface area contributed by atoms with Crippen molar-refractivity contribution in [3.8, 4) is 0 Å². The van der Waals surface area contributed by atoms with Crippen LogP contribution in [0.25, 0.3) is 11.0 Å². The van der Waals surface area contributed by atoms with E-state index in [4.69, 9.17) is 9.47 Å². The van der Waals surface area contributed by atoms with E-state index in [-0.39, 0.29) is 18.3 Å². The Bertz CT molecular complexity index is 1570. The molecule has 4 aromatic rings. The van der Waals surface area contributed by atoms with Crippen LogP contribution in [0.5, 0.6) is 0 Å². The van der Waals surface area contributed by atoms with Crippen molar-refractivity contribution in [3.63, 3.8) is 0 Å². The minimum Gasteiger partial charge on any atom is -0.447 e. The molecule has 1 saturated heterocycles. The van der Waals surface area contributed by atoms with Crippen LogP contribution in [0, 0.1) is 0 Å². The Morgan fingerprint density at radius 2 is 1.51 bits per heavy atom. The number of nitrogens with one attached hydrogen (secondary N) is 1. The fourth-order valence-corrected chi connectivity index (χ4v) is 5.59. The molecule has 5 rings (SSSR count). The van der Waals surface area contributed by atoms with E-state index in [9.17, 15) is 14.4 Å². The number of aromatic amines is 1. The second kappa shape index (κ2) is 13.2. The Labute approximate surface area is 252 Å².